The fourth-order valence-corrected chi connectivity index (χ4v) is 1.98. The van der Waals surface area contributed by atoms with Gasteiger partial charge in [-0.05, 0) is 19.5 Å². The van der Waals surface area contributed by atoms with Crippen molar-refractivity contribution in [3.8, 4) is 0 Å². The normalized spacial score (nSPS) is 12.1. The molecule has 2 aromatic rings. The van der Waals surface area contributed by atoms with E-state index in [9.17, 15) is 14.9 Å². The molecule has 1 unspecified atom stereocenters. The monoisotopic (exact) mass is 304 g/mol. The van der Waals surface area contributed by atoms with Crippen LogP contribution in [0.25, 0.3) is 0 Å². The predicted octanol–water partition coefficient (Wildman–Crippen LogP) is 2.21. The van der Waals surface area contributed by atoms with Gasteiger partial charge in [0.15, 0.2) is 5.82 Å². The van der Waals surface area contributed by atoms with Crippen molar-refractivity contribution in [2.24, 2.45) is 0 Å². The van der Waals surface area contributed by atoms with E-state index >= 15 is 0 Å². The summed E-state index contributed by atoms with van der Waals surface area (Å²) >= 11 is 0. The molecule has 1 N–H and O–H groups in total. The van der Waals surface area contributed by atoms with E-state index in [-0.39, 0.29) is 24.2 Å². The van der Waals surface area contributed by atoms with Gasteiger partial charge in [-0.1, -0.05) is 17.3 Å². The van der Waals surface area contributed by atoms with Crippen molar-refractivity contribution in [3.05, 3.63) is 52.3 Å². The highest BCUT2D eigenvalue weighted by atomic mass is 16.6. The molecule has 0 bridgehead atoms. The van der Waals surface area contributed by atoms with Crippen LogP contribution in [0.5, 0.6) is 0 Å². The number of benzene rings is 1. The summed E-state index contributed by atoms with van der Waals surface area (Å²) < 4.78 is 4.63. The van der Waals surface area contributed by atoms with Crippen LogP contribution in [0.1, 0.15) is 18.5 Å². The van der Waals surface area contributed by atoms with E-state index in [0.29, 0.717) is 5.82 Å². The summed E-state index contributed by atoms with van der Waals surface area (Å²) in [6.45, 7) is 2.00. The molecule has 0 spiro atoms. The van der Waals surface area contributed by atoms with Crippen LogP contribution in [0, 0.1) is 10.1 Å². The van der Waals surface area contributed by atoms with Gasteiger partial charge in [-0.3, -0.25) is 19.8 Å². The van der Waals surface area contributed by atoms with Crippen LogP contribution in [0.4, 0.5) is 11.5 Å². The van der Waals surface area contributed by atoms with Crippen LogP contribution in [0.3, 0.4) is 0 Å². The molecule has 116 valence electrons. The molecule has 0 saturated carbocycles. The van der Waals surface area contributed by atoms with E-state index in [1.165, 1.54) is 18.4 Å². The highest BCUT2D eigenvalue weighted by molar-refractivity contribution is 5.91. The molecular weight excluding hydrogens is 288 g/mol. The standard InChI is InChI=1S/C14H16N4O4/c1-10(11-4-3-5-12(8-11)18(20)21)17(2)9-14(19)15-13-6-7-22-16-13/h3-8,10H,9H2,1-2H3,(H,15,16,19). The lowest BCUT2D eigenvalue weighted by Crippen LogP contribution is -2.32. The number of nitrogens with one attached hydrogen (secondary N) is 1. The number of anilines is 1. The summed E-state index contributed by atoms with van der Waals surface area (Å²) in [5.41, 5.74) is 0.802. The zero-order valence-corrected chi connectivity index (χ0v) is 12.2. The number of amides is 1. The smallest absolute Gasteiger partial charge is 0.269 e. The molecule has 1 heterocycles. The molecule has 1 atom stereocenters. The number of carbonyl (C=O) groups excluding carboxylic acids is 1. The van der Waals surface area contributed by atoms with E-state index < -0.39 is 4.92 Å². The van der Waals surface area contributed by atoms with Crippen molar-refractivity contribution < 1.29 is 14.2 Å². The quantitative estimate of drug-likeness (QED) is 0.648. The van der Waals surface area contributed by atoms with Gasteiger partial charge < -0.3 is 9.84 Å². The van der Waals surface area contributed by atoms with E-state index in [1.807, 2.05) is 6.92 Å². The zero-order chi connectivity index (χ0) is 16.1. The van der Waals surface area contributed by atoms with Crippen LogP contribution in [0.2, 0.25) is 0 Å². The zero-order valence-electron chi connectivity index (χ0n) is 12.2. The summed E-state index contributed by atoms with van der Waals surface area (Å²) in [6, 6.07) is 7.77. The molecule has 1 aromatic carbocycles. The average molecular weight is 304 g/mol. The minimum absolute atomic E-state index is 0.0322. The van der Waals surface area contributed by atoms with Crippen molar-refractivity contribution in [2.45, 2.75) is 13.0 Å². The van der Waals surface area contributed by atoms with Crippen molar-refractivity contribution >= 4 is 17.4 Å². The Morgan fingerprint density at radius 3 is 2.91 bits per heavy atom. The molecular formula is C14H16N4O4. The van der Waals surface area contributed by atoms with E-state index in [0.717, 1.165) is 5.56 Å². The van der Waals surface area contributed by atoms with Crippen LogP contribution in [0.15, 0.2) is 41.1 Å². The van der Waals surface area contributed by atoms with Gasteiger partial charge in [0.05, 0.1) is 11.5 Å². The third-order valence-corrected chi connectivity index (χ3v) is 3.32. The number of aromatic nitrogens is 1. The van der Waals surface area contributed by atoms with Crippen LogP contribution in [-0.4, -0.2) is 34.5 Å². The number of nitro benzene ring substituents is 1. The van der Waals surface area contributed by atoms with E-state index in [1.54, 1.807) is 30.1 Å². The first-order chi connectivity index (χ1) is 10.5. The highest BCUT2D eigenvalue weighted by Crippen LogP contribution is 2.22. The SMILES string of the molecule is CC(c1cccc([N+](=O)[O-])c1)N(C)CC(=O)Nc1ccon1. The van der Waals surface area contributed by atoms with Gasteiger partial charge in [0, 0.05) is 24.2 Å². The highest BCUT2D eigenvalue weighted by Gasteiger charge is 2.17. The minimum Gasteiger partial charge on any atom is -0.363 e. The van der Waals surface area contributed by atoms with Crippen molar-refractivity contribution in [3.63, 3.8) is 0 Å². The Kier molecular flexibility index (Phi) is 4.84. The third-order valence-electron chi connectivity index (χ3n) is 3.32. The number of nitrogens with zero attached hydrogens (tertiary/aromatic N) is 3. The number of nitro groups is 1. The van der Waals surface area contributed by atoms with Gasteiger partial charge >= 0.3 is 0 Å². The maximum atomic E-state index is 11.9. The first kappa shape index (κ1) is 15.6. The molecule has 2 rings (SSSR count). The number of carbonyl (C=O) groups is 1. The summed E-state index contributed by atoms with van der Waals surface area (Å²) in [4.78, 5) is 24.1. The minimum atomic E-state index is -0.437. The Bertz CT molecular complexity index is 657. The molecule has 1 amide bonds. The first-order valence-corrected chi connectivity index (χ1v) is 6.62. The van der Waals surface area contributed by atoms with Crippen molar-refractivity contribution in [1.29, 1.82) is 0 Å². The van der Waals surface area contributed by atoms with Crippen LogP contribution in [-0.2, 0) is 4.79 Å². The second-order valence-corrected chi connectivity index (χ2v) is 4.88. The second kappa shape index (κ2) is 6.81. The third kappa shape index (κ3) is 3.89. The maximum Gasteiger partial charge on any atom is 0.269 e. The summed E-state index contributed by atoms with van der Waals surface area (Å²) in [6.07, 6.45) is 1.37. The van der Waals surface area contributed by atoms with Gasteiger partial charge in [-0.25, -0.2) is 0 Å². The molecule has 0 radical (unpaired) electrons. The first-order valence-electron chi connectivity index (χ1n) is 6.62. The summed E-state index contributed by atoms with van der Waals surface area (Å²) in [5, 5.41) is 17.0. The molecule has 8 heteroatoms. The number of non-ortho nitro benzene ring substituents is 1. The molecule has 0 aliphatic rings. The molecule has 0 fully saturated rings. The lowest BCUT2D eigenvalue weighted by Gasteiger charge is -2.24. The largest absolute Gasteiger partial charge is 0.363 e. The predicted molar refractivity (Wildman–Crippen MR) is 79.3 cm³/mol. The lowest BCUT2D eigenvalue weighted by molar-refractivity contribution is -0.384. The average Bonchev–Trinajstić information content (AvgIpc) is 2.99. The fraction of sp³-hybridized carbons (Fsp3) is 0.286. The van der Waals surface area contributed by atoms with Gasteiger partial charge in [0.1, 0.15) is 6.26 Å². The molecule has 0 aliphatic heterocycles. The van der Waals surface area contributed by atoms with E-state index in [4.69, 9.17) is 0 Å². The Morgan fingerprint density at radius 1 is 1.50 bits per heavy atom. The molecule has 8 nitrogen and oxygen atoms in total. The van der Waals surface area contributed by atoms with E-state index in [2.05, 4.69) is 15.0 Å². The molecule has 0 saturated heterocycles. The summed E-state index contributed by atoms with van der Waals surface area (Å²) in [5.74, 6) is 0.107. The van der Waals surface area contributed by atoms with Gasteiger partial charge in [-0.15, -0.1) is 0 Å². The Labute approximate surface area is 126 Å². The Balaban J connectivity index is 1.99. The number of hydrogen-bond donors (Lipinski definition) is 1. The molecule has 1 aromatic heterocycles. The van der Waals surface area contributed by atoms with Gasteiger partial charge in [0.25, 0.3) is 5.69 Å². The number of rotatable bonds is 6. The topological polar surface area (TPSA) is 102 Å². The Hall–Kier alpha value is -2.74. The number of hydrogen-bond acceptors (Lipinski definition) is 6. The number of likely N-dealkylation sites (N-methyl/N-ethyl adjacent to an activating group) is 1. The maximum absolute atomic E-state index is 11.9. The van der Waals surface area contributed by atoms with Crippen LogP contribution >= 0.6 is 0 Å². The second-order valence-electron chi connectivity index (χ2n) is 4.88. The van der Waals surface area contributed by atoms with Crippen molar-refractivity contribution in [1.82, 2.24) is 10.1 Å². The van der Waals surface area contributed by atoms with Gasteiger partial charge in [-0.2, -0.15) is 0 Å². The van der Waals surface area contributed by atoms with Gasteiger partial charge in [0.2, 0.25) is 5.91 Å². The van der Waals surface area contributed by atoms with Crippen molar-refractivity contribution in [2.75, 3.05) is 18.9 Å². The van der Waals surface area contributed by atoms with Crippen LogP contribution < -0.4 is 5.32 Å². The Morgan fingerprint density at radius 2 is 2.27 bits per heavy atom. The summed E-state index contributed by atoms with van der Waals surface area (Å²) in [7, 11) is 1.77. The fourth-order valence-electron chi connectivity index (χ4n) is 1.98. The molecule has 0 aliphatic carbocycles. The lowest BCUT2D eigenvalue weighted by atomic mass is 10.1. The molecule has 22 heavy (non-hydrogen) atoms.